The molecule has 4 nitrogen and oxygen atoms in total. The Balaban J connectivity index is 1.76. The van der Waals surface area contributed by atoms with Gasteiger partial charge in [0.05, 0.1) is 5.25 Å². The van der Waals surface area contributed by atoms with E-state index in [0.717, 1.165) is 64.7 Å². The molecule has 0 aromatic rings. The Morgan fingerprint density at radius 1 is 1.10 bits per heavy atom. The molecule has 118 valence electrons. The highest BCUT2D eigenvalue weighted by Gasteiger charge is 2.35. The summed E-state index contributed by atoms with van der Waals surface area (Å²) in [5, 5.41) is 3.41. The van der Waals surface area contributed by atoms with Gasteiger partial charge in [-0.2, -0.15) is 0 Å². The van der Waals surface area contributed by atoms with Gasteiger partial charge in [-0.3, -0.25) is 0 Å². The second-order valence-electron chi connectivity index (χ2n) is 6.85. The molecule has 0 atom stereocenters. The summed E-state index contributed by atoms with van der Waals surface area (Å²) >= 11 is 0. The summed E-state index contributed by atoms with van der Waals surface area (Å²) in [4.78, 5) is 0. The van der Waals surface area contributed by atoms with Gasteiger partial charge in [-0.15, -0.1) is 0 Å². The van der Waals surface area contributed by atoms with Crippen LogP contribution in [0.25, 0.3) is 0 Å². The standard InChI is InChI=1S/C15H30N2O2S/c1-13(2)11-16-12-14-7-9-17(10-8-14)20(18,19)15-5-3-4-6-15/h13-16H,3-12H2,1-2H3. The van der Waals surface area contributed by atoms with Gasteiger partial charge < -0.3 is 5.32 Å². The van der Waals surface area contributed by atoms with Crippen LogP contribution in [0.4, 0.5) is 0 Å². The van der Waals surface area contributed by atoms with Crippen LogP contribution >= 0.6 is 0 Å². The van der Waals surface area contributed by atoms with Gasteiger partial charge in [0.25, 0.3) is 0 Å². The van der Waals surface area contributed by atoms with Crippen molar-refractivity contribution in [1.82, 2.24) is 9.62 Å². The minimum Gasteiger partial charge on any atom is -0.316 e. The molecule has 1 N–H and O–H groups in total. The maximum Gasteiger partial charge on any atom is 0.216 e. The van der Waals surface area contributed by atoms with Crippen molar-refractivity contribution in [1.29, 1.82) is 0 Å². The SMILES string of the molecule is CC(C)CNCC1CCN(S(=O)(=O)C2CCCC2)CC1. The molecule has 0 radical (unpaired) electrons. The third-order valence-corrected chi connectivity index (χ3v) is 7.04. The second kappa shape index (κ2) is 7.23. The first-order valence-corrected chi connectivity index (χ1v) is 9.70. The average molecular weight is 302 g/mol. The summed E-state index contributed by atoms with van der Waals surface area (Å²) in [6, 6.07) is 0. The van der Waals surface area contributed by atoms with Crippen LogP contribution in [-0.2, 0) is 10.0 Å². The van der Waals surface area contributed by atoms with Crippen molar-refractivity contribution in [2.24, 2.45) is 11.8 Å². The lowest BCUT2D eigenvalue weighted by molar-refractivity contribution is 0.263. The smallest absolute Gasteiger partial charge is 0.216 e. The summed E-state index contributed by atoms with van der Waals surface area (Å²) in [5.41, 5.74) is 0. The average Bonchev–Trinajstić information content (AvgIpc) is 2.93. The van der Waals surface area contributed by atoms with Crippen LogP contribution in [-0.4, -0.2) is 44.2 Å². The monoisotopic (exact) mass is 302 g/mol. The van der Waals surface area contributed by atoms with Crippen molar-refractivity contribution in [2.75, 3.05) is 26.2 Å². The number of hydrogen-bond acceptors (Lipinski definition) is 3. The van der Waals surface area contributed by atoms with Gasteiger partial charge in [-0.05, 0) is 50.6 Å². The van der Waals surface area contributed by atoms with Crippen molar-refractivity contribution in [2.45, 2.75) is 57.6 Å². The minimum atomic E-state index is -3.01. The molecular formula is C15H30N2O2S. The molecule has 20 heavy (non-hydrogen) atoms. The van der Waals surface area contributed by atoms with Crippen LogP contribution in [0.5, 0.6) is 0 Å². The quantitative estimate of drug-likeness (QED) is 0.818. The Morgan fingerprint density at radius 2 is 1.70 bits per heavy atom. The Bertz CT molecular complexity index is 381. The van der Waals surface area contributed by atoms with Crippen LogP contribution in [0.2, 0.25) is 0 Å². The highest BCUT2D eigenvalue weighted by atomic mass is 32.2. The van der Waals surface area contributed by atoms with E-state index in [0.29, 0.717) is 11.8 Å². The maximum absolute atomic E-state index is 12.5. The number of sulfonamides is 1. The normalized spacial score (nSPS) is 23.8. The summed E-state index contributed by atoms with van der Waals surface area (Å²) in [6.45, 7) is 7.98. The molecule has 1 saturated heterocycles. The first-order chi connectivity index (χ1) is 9.50. The lowest BCUT2D eigenvalue weighted by atomic mass is 9.98. The van der Waals surface area contributed by atoms with E-state index in [2.05, 4.69) is 19.2 Å². The summed E-state index contributed by atoms with van der Waals surface area (Å²) < 4.78 is 26.8. The Labute approximate surface area is 124 Å². The number of nitrogens with one attached hydrogen (secondary N) is 1. The summed E-state index contributed by atoms with van der Waals surface area (Å²) in [5.74, 6) is 1.32. The van der Waals surface area contributed by atoms with E-state index in [1.54, 1.807) is 4.31 Å². The molecule has 2 aliphatic rings. The largest absolute Gasteiger partial charge is 0.316 e. The van der Waals surface area contributed by atoms with Gasteiger partial charge in [0.15, 0.2) is 0 Å². The van der Waals surface area contributed by atoms with E-state index in [9.17, 15) is 8.42 Å². The molecular weight excluding hydrogens is 272 g/mol. The van der Waals surface area contributed by atoms with E-state index < -0.39 is 10.0 Å². The molecule has 0 amide bonds. The van der Waals surface area contributed by atoms with Gasteiger partial charge >= 0.3 is 0 Å². The van der Waals surface area contributed by atoms with E-state index >= 15 is 0 Å². The maximum atomic E-state index is 12.5. The van der Waals surface area contributed by atoms with Gasteiger partial charge in [-0.1, -0.05) is 26.7 Å². The lowest BCUT2D eigenvalue weighted by Gasteiger charge is -2.33. The zero-order chi connectivity index (χ0) is 14.6. The zero-order valence-electron chi connectivity index (χ0n) is 13.0. The molecule has 0 aromatic heterocycles. The molecule has 0 unspecified atom stereocenters. The van der Waals surface area contributed by atoms with E-state index in [1.165, 1.54) is 0 Å². The van der Waals surface area contributed by atoms with E-state index in [-0.39, 0.29) is 5.25 Å². The number of hydrogen-bond donors (Lipinski definition) is 1. The topological polar surface area (TPSA) is 49.4 Å². The van der Waals surface area contributed by atoms with Crippen molar-refractivity contribution in [3.8, 4) is 0 Å². The Kier molecular flexibility index (Phi) is 5.87. The van der Waals surface area contributed by atoms with Crippen molar-refractivity contribution < 1.29 is 8.42 Å². The van der Waals surface area contributed by atoms with Crippen molar-refractivity contribution in [3.05, 3.63) is 0 Å². The molecule has 2 fully saturated rings. The van der Waals surface area contributed by atoms with Gasteiger partial charge in [0, 0.05) is 13.1 Å². The molecule has 0 bridgehead atoms. The molecule has 1 aliphatic heterocycles. The first kappa shape index (κ1) is 16.2. The molecule has 1 heterocycles. The molecule has 2 rings (SSSR count). The number of rotatable bonds is 6. The van der Waals surface area contributed by atoms with Crippen molar-refractivity contribution >= 4 is 10.0 Å². The second-order valence-corrected chi connectivity index (χ2v) is 9.06. The fraction of sp³-hybridized carbons (Fsp3) is 1.00. The number of nitrogens with zero attached hydrogens (tertiary/aromatic N) is 1. The zero-order valence-corrected chi connectivity index (χ0v) is 13.8. The summed E-state index contributed by atoms with van der Waals surface area (Å²) in [7, 11) is -3.01. The molecule has 0 spiro atoms. The molecule has 5 heteroatoms. The van der Waals surface area contributed by atoms with E-state index in [1.807, 2.05) is 0 Å². The fourth-order valence-electron chi connectivity index (χ4n) is 3.34. The molecule has 0 aromatic carbocycles. The molecule has 1 aliphatic carbocycles. The number of piperidine rings is 1. The third kappa shape index (κ3) is 4.18. The van der Waals surface area contributed by atoms with Crippen molar-refractivity contribution in [3.63, 3.8) is 0 Å². The fourth-order valence-corrected chi connectivity index (χ4v) is 5.41. The van der Waals surface area contributed by atoms with Crippen LogP contribution in [0.3, 0.4) is 0 Å². The third-order valence-electron chi connectivity index (χ3n) is 4.64. The Morgan fingerprint density at radius 3 is 2.25 bits per heavy atom. The first-order valence-electron chi connectivity index (χ1n) is 8.20. The lowest BCUT2D eigenvalue weighted by Crippen LogP contribution is -2.44. The van der Waals surface area contributed by atoms with Crippen LogP contribution < -0.4 is 5.32 Å². The van der Waals surface area contributed by atoms with Crippen LogP contribution in [0.1, 0.15) is 52.4 Å². The highest BCUT2D eigenvalue weighted by molar-refractivity contribution is 7.89. The Hall–Kier alpha value is -0.130. The van der Waals surface area contributed by atoms with Crippen LogP contribution in [0.15, 0.2) is 0 Å². The van der Waals surface area contributed by atoms with Gasteiger partial charge in [0.2, 0.25) is 10.0 Å². The van der Waals surface area contributed by atoms with Crippen LogP contribution in [0, 0.1) is 11.8 Å². The minimum absolute atomic E-state index is 0.0851. The van der Waals surface area contributed by atoms with Gasteiger partial charge in [0.1, 0.15) is 0 Å². The summed E-state index contributed by atoms with van der Waals surface area (Å²) in [6.07, 6.45) is 5.93. The predicted octanol–water partition coefficient (Wildman–Crippen LogP) is 2.22. The highest BCUT2D eigenvalue weighted by Crippen LogP contribution is 2.29. The van der Waals surface area contributed by atoms with E-state index in [4.69, 9.17) is 0 Å². The molecule has 1 saturated carbocycles. The van der Waals surface area contributed by atoms with Gasteiger partial charge in [-0.25, -0.2) is 12.7 Å². The predicted molar refractivity (Wildman–Crippen MR) is 83.2 cm³/mol.